The van der Waals surface area contributed by atoms with Crippen LogP contribution in [0.4, 0.5) is 0 Å². The summed E-state index contributed by atoms with van der Waals surface area (Å²) in [6.07, 6.45) is 8.51. The monoisotopic (exact) mass is 206 g/mol. The Morgan fingerprint density at radius 3 is 2.23 bits per heavy atom. The molecule has 0 bridgehead atoms. The average Bonchev–Trinajstić information content (AvgIpc) is 2.11. The van der Waals surface area contributed by atoms with Gasteiger partial charge in [0, 0.05) is 6.16 Å². The summed E-state index contributed by atoms with van der Waals surface area (Å²) in [5.41, 5.74) is 0. The maximum absolute atomic E-state index is 9.29. The first-order chi connectivity index (χ1) is 6.31. The average molecular weight is 206 g/mol. The molecule has 0 amide bonds. The van der Waals surface area contributed by atoms with Gasteiger partial charge in [-0.15, -0.1) is 0 Å². The molecule has 0 heterocycles. The lowest BCUT2D eigenvalue weighted by molar-refractivity contribution is 0.328. The molecular weight excluding hydrogens is 183 g/mol. The summed E-state index contributed by atoms with van der Waals surface area (Å²) in [5, 5.41) is 0. The van der Waals surface area contributed by atoms with Crippen LogP contribution in [-0.4, -0.2) is 17.7 Å². The van der Waals surface area contributed by atoms with Crippen LogP contribution in [0.15, 0.2) is 0 Å². The van der Waals surface area contributed by atoms with Crippen LogP contribution in [0.25, 0.3) is 0 Å². The van der Waals surface area contributed by atoms with Gasteiger partial charge in [0.2, 0.25) is 0 Å². The highest BCUT2D eigenvalue weighted by Crippen LogP contribution is 2.32. The summed E-state index contributed by atoms with van der Waals surface area (Å²) >= 11 is 0. The first-order valence-electron chi connectivity index (χ1n) is 5.40. The molecule has 0 aromatic rings. The van der Waals surface area contributed by atoms with E-state index in [9.17, 15) is 4.89 Å². The fraction of sp³-hybridized carbons (Fsp3) is 1.00. The van der Waals surface area contributed by atoms with Crippen molar-refractivity contribution >= 4 is 8.38 Å². The van der Waals surface area contributed by atoms with Crippen LogP contribution in [0.3, 0.4) is 0 Å². The van der Waals surface area contributed by atoms with Crippen LogP contribution in [0.2, 0.25) is 0 Å². The zero-order chi connectivity index (χ0) is 9.94. The van der Waals surface area contributed by atoms with Crippen molar-refractivity contribution in [1.29, 1.82) is 0 Å². The number of rotatable bonds is 9. The molecule has 0 aromatic heterocycles. The fourth-order valence-electron chi connectivity index (χ4n) is 1.24. The van der Waals surface area contributed by atoms with Crippen LogP contribution in [0.1, 0.15) is 52.4 Å². The van der Waals surface area contributed by atoms with E-state index in [1.807, 2.05) is 6.92 Å². The molecule has 0 rings (SSSR count). The Balaban J connectivity index is 2.97. The Morgan fingerprint density at radius 2 is 1.62 bits per heavy atom. The minimum Gasteiger partial charge on any atom is -0.350 e. The minimum absolute atomic E-state index is 0.637. The third kappa shape index (κ3) is 10.3. The molecule has 0 saturated carbocycles. The summed E-state index contributed by atoms with van der Waals surface area (Å²) in [6.45, 7) is 4.78. The number of unbranched alkanes of at least 4 members (excludes halogenated alkanes) is 5. The van der Waals surface area contributed by atoms with Crippen LogP contribution in [0.5, 0.6) is 0 Å². The predicted molar refractivity (Wildman–Crippen MR) is 59.0 cm³/mol. The first-order valence-corrected chi connectivity index (χ1v) is 6.80. The van der Waals surface area contributed by atoms with E-state index in [0.717, 1.165) is 12.6 Å². The second-order valence-electron chi connectivity index (χ2n) is 3.26. The van der Waals surface area contributed by atoms with Gasteiger partial charge in [0.15, 0.2) is 8.38 Å². The summed E-state index contributed by atoms with van der Waals surface area (Å²) < 4.78 is 5.09. The largest absolute Gasteiger partial charge is 0.350 e. The lowest BCUT2D eigenvalue weighted by atomic mass is 10.1. The van der Waals surface area contributed by atoms with E-state index >= 15 is 0 Å². The molecule has 1 atom stereocenters. The summed E-state index contributed by atoms with van der Waals surface area (Å²) in [7, 11) is -1.11. The fourth-order valence-corrected chi connectivity index (χ4v) is 2.16. The third-order valence-electron chi connectivity index (χ3n) is 1.98. The Bertz CT molecular complexity index is 98.9. The van der Waals surface area contributed by atoms with Gasteiger partial charge in [0.05, 0.1) is 6.61 Å². The molecule has 0 aromatic carbocycles. The van der Waals surface area contributed by atoms with Crippen molar-refractivity contribution in [1.82, 2.24) is 0 Å². The normalized spacial score (nSPS) is 13.2. The molecule has 0 aliphatic rings. The van der Waals surface area contributed by atoms with Crippen LogP contribution < -0.4 is 0 Å². The predicted octanol–water partition coefficient (Wildman–Crippen LogP) is 3.69. The lowest BCUT2D eigenvalue weighted by Crippen LogP contribution is -1.89. The highest BCUT2D eigenvalue weighted by atomic mass is 31.2. The molecule has 1 unspecified atom stereocenters. The molecule has 0 aliphatic carbocycles. The molecule has 80 valence electrons. The molecule has 0 fully saturated rings. The van der Waals surface area contributed by atoms with Crippen molar-refractivity contribution in [3.8, 4) is 0 Å². The van der Waals surface area contributed by atoms with Crippen LogP contribution >= 0.6 is 8.38 Å². The maximum atomic E-state index is 9.29. The van der Waals surface area contributed by atoms with E-state index in [4.69, 9.17) is 4.52 Å². The van der Waals surface area contributed by atoms with Crippen molar-refractivity contribution < 1.29 is 9.42 Å². The minimum atomic E-state index is -1.11. The van der Waals surface area contributed by atoms with Crippen molar-refractivity contribution in [3.05, 3.63) is 0 Å². The van der Waals surface area contributed by atoms with Crippen LogP contribution in [-0.2, 0) is 4.52 Å². The molecule has 2 nitrogen and oxygen atoms in total. The number of hydrogen-bond acceptors (Lipinski definition) is 2. The van der Waals surface area contributed by atoms with Gasteiger partial charge in [-0.1, -0.05) is 39.0 Å². The van der Waals surface area contributed by atoms with Crippen LogP contribution in [0, 0.1) is 0 Å². The quantitative estimate of drug-likeness (QED) is 0.460. The van der Waals surface area contributed by atoms with Gasteiger partial charge in [0.1, 0.15) is 0 Å². The Morgan fingerprint density at radius 1 is 1.00 bits per heavy atom. The molecule has 3 heteroatoms. The molecular formula is C10H23O2P. The van der Waals surface area contributed by atoms with E-state index in [1.54, 1.807) is 0 Å². The van der Waals surface area contributed by atoms with E-state index in [-0.39, 0.29) is 0 Å². The van der Waals surface area contributed by atoms with E-state index in [1.165, 1.54) is 32.1 Å². The second-order valence-corrected chi connectivity index (χ2v) is 4.67. The first kappa shape index (κ1) is 13.4. The molecule has 1 N–H and O–H groups in total. The SMILES string of the molecule is CCCCCCCCP(O)OCC. The standard InChI is InChI=1S/C10H23O2P/c1-3-5-6-7-8-9-10-13(11)12-4-2/h11H,3-10H2,1-2H3. The highest BCUT2D eigenvalue weighted by Gasteiger charge is 2.02. The van der Waals surface area contributed by atoms with Crippen molar-refractivity contribution in [2.24, 2.45) is 0 Å². The lowest BCUT2D eigenvalue weighted by Gasteiger charge is -2.08. The molecule has 0 saturated heterocycles. The van der Waals surface area contributed by atoms with Gasteiger partial charge in [-0.05, 0) is 13.3 Å². The van der Waals surface area contributed by atoms with Gasteiger partial charge in [-0.2, -0.15) is 0 Å². The van der Waals surface area contributed by atoms with Gasteiger partial charge < -0.3 is 9.42 Å². The Kier molecular flexibility index (Phi) is 10.7. The zero-order valence-corrected chi connectivity index (χ0v) is 9.85. The zero-order valence-electron chi connectivity index (χ0n) is 8.96. The summed E-state index contributed by atoms with van der Waals surface area (Å²) in [5.74, 6) is 0. The maximum Gasteiger partial charge on any atom is 0.167 e. The Labute approximate surface area is 83.6 Å². The number of hydrogen-bond donors (Lipinski definition) is 1. The molecule has 0 radical (unpaired) electrons. The van der Waals surface area contributed by atoms with Crippen molar-refractivity contribution in [3.63, 3.8) is 0 Å². The van der Waals surface area contributed by atoms with Crippen molar-refractivity contribution in [2.45, 2.75) is 52.4 Å². The van der Waals surface area contributed by atoms with Gasteiger partial charge in [-0.25, -0.2) is 0 Å². The molecule has 0 aliphatic heterocycles. The smallest absolute Gasteiger partial charge is 0.167 e. The van der Waals surface area contributed by atoms with Gasteiger partial charge >= 0.3 is 0 Å². The topological polar surface area (TPSA) is 29.5 Å². The summed E-state index contributed by atoms with van der Waals surface area (Å²) in [6, 6.07) is 0. The third-order valence-corrected chi connectivity index (χ3v) is 3.24. The summed E-state index contributed by atoms with van der Waals surface area (Å²) in [4.78, 5) is 9.29. The highest BCUT2D eigenvalue weighted by molar-refractivity contribution is 7.46. The van der Waals surface area contributed by atoms with E-state index < -0.39 is 8.38 Å². The second kappa shape index (κ2) is 10.4. The van der Waals surface area contributed by atoms with Crippen molar-refractivity contribution in [2.75, 3.05) is 12.8 Å². The van der Waals surface area contributed by atoms with Gasteiger partial charge in [-0.3, -0.25) is 0 Å². The van der Waals surface area contributed by atoms with Gasteiger partial charge in [0.25, 0.3) is 0 Å². The molecule has 13 heavy (non-hydrogen) atoms. The molecule has 0 spiro atoms. The van der Waals surface area contributed by atoms with E-state index in [0.29, 0.717) is 6.61 Å². The van der Waals surface area contributed by atoms with E-state index in [2.05, 4.69) is 6.92 Å². The Hall–Kier alpha value is 0.350.